The molecule has 0 aliphatic heterocycles. The van der Waals surface area contributed by atoms with Gasteiger partial charge in [-0.1, -0.05) is 30.3 Å². The molecule has 5 heteroatoms. The summed E-state index contributed by atoms with van der Waals surface area (Å²) < 4.78 is 28.5. The maximum absolute atomic E-state index is 12.3. The maximum atomic E-state index is 12.3. The number of sulfonamides is 1. The van der Waals surface area contributed by atoms with Crippen molar-refractivity contribution >= 4 is 26.5 Å². The van der Waals surface area contributed by atoms with Crippen molar-refractivity contribution in [2.45, 2.75) is 4.90 Å². The number of hydrogen-bond donors (Lipinski definition) is 0. The molecule has 0 fully saturated rings. The molecule has 0 spiro atoms. The second kappa shape index (κ2) is 6.38. The van der Waals surface area contributed by atoms with Crippen LogP contribution in [0.2, 0.25) is 0 Å². The Labute approximate surface area is 136 Å². The van der Waals surface area contributed by atoms with E-state index in [0.717, 1.165) is 5.39 Å². The summed E-state index contributed by atoms with van der Waals surface area (Å²) in [6.07, 6.45) is 0. The van der Waals surface area contributed by atoms with Gasteiger partial charge in [-0.25, -0.2) is 14.1 Å². The van der Waals surface area contributed by atoms with Gasteiger partial charge in [-0.2, -0.15) is 5.39 Å². The third-order valence-corrected chi connectivity index (χ3v) is 4.24. The van der Waals surface area contributed by atoms with E-state index in [-0.39, 0.29) is 24.4 Å². The smallest absolute Gasteiger partial charge is 0.616 e. The summed E-state index contributed by atoms with van der Waals surface area (Å²) >= 11 is 0. The molecule has 3 aromatic rings. The summed E-state index contributed by atoms with van der Waals surface area (Å²) in [7, 11) is -3.70. The van der Waals surface area contributed by atoms with Gasteiger partial charge in [0.2, 0.25) is 0 Å². The monoisotopic (exact) mass is 345 g/mol. The molecule has 0 aromatic heterocycles. The van der Waals surface area contributed by atoms with E-state index in [2.05, 4.69) is 10.8 Å². The van der Waals surface area contributed by atoms with Crippen LogP contribution in [-0.4, -0.2) is 8.42 Å². The fraction of sp³-hybridized carbons (Fsp3) is 0. The first-order valence-corrected chi connectivity index (χ1v) is 7.53. The number of hydrogen-bond acceptors (Lipinski definition) is 2. The van der Waals surface area contributed by atoms with E-state index in [1.807, 2.05) is 18.2 Å². The van der Waals surface area contributed by atoms with Gasteiger partial charge in [-0.3, -0.25) is 0 Å². The van der Waals surface area contributed by atoms with E-state index < -0.39 is 10.0 Å². The molecular weight excluding hydrogens is 336 g/mol. The summed E-state index contributed by atoms with van der Waals surface area (Å²) in [5.41, 5.74) is 0.409. The van der Waals surface area contributed by atoms with Crippen LogP contribution in [0.4, 0.5) is 5.69 Å². The van der Waals surface area contributed by atoms with Crippen LogP contribution in [-0.2, 0) is 29.5 Å². The Balaban J connectivity index is 0.00000161. The van der Waals surface area contributed by atoms with E-state index in [9.17, 15) is 8.42 Å². The number of fused-ring (bicyclic) bond motifs is 1. The van der Waals surface area contributed by atoms with Gasteiger partial charge in [0.05, 0.1) is 4.90 Å². The molecule has 0 aliphatic carbocycles. The van der Waals surface area contributed by atoms with Gasteiger partial charge in [0.25, 0.3) is 0 Å². The van der Waals surface area contributed by atoms with Gasteiger partial charge < -0.3 is 4.72 Å². The molecule has 0 N–H and O–H groups in total. The predicted molar refractivity (Wildman–Crippen MR) is 79.4 cm³/mol. The minimum Gasteiger partial charge on any atom is -0.616 e. The van der Waals surface area contributed by atoms with Crippen molar-refractivity contribution in [3.63, 3.8) is 0 Å². The first kappa shape index (κ1) is 15.7. The van der Waals surface area contributed by atoms with Gasteiger partial charge >= 0.3 is 19.5 Å². The van der Waals surface area contributed by atoms with Gasteiger partial charge in [0.1, 0.15) is 10.0 Å². The molecule has 0 bridgehead atoms. The van der Waals surface area contributed by atoms with Crippen molar-refractivity contribution < 1.29 is 27.9 Å². The van der Waals surface area contributed by atoms with Crippen LogP contribution in [0.1, 0.15) is 0 Å². The second-order valence-electron chi connectivity index (χ2n) is 4.29. The first-order valence-electron chi connectivity index (χ1n) is 6.09. The molecule has 0 unspecified atom stereocenters. The molecule has 100 valence electrons. The van der Waals surface area contributed by atoms with Crippen LogP contribution in [0.3, 0.4) is 0 Å². The zero-order chi connectivity index (χ0) is 14.0. The number of rotatable bonds is 3. The van der Waals surface area contributed by atoms with Crippen molar-refractivity contribution in [3.05, 3.63) is 77.5 Å². The molecule has 0 radical (unpaired) electrons. The summed E-state index contributed by atoms with van der Waals surface area (Å²) in [4.78, 5) is 0.188. The standard InChI is InChI=1S/C16H11NO2S.Zn/c18-20(19,14-9-2-1-3-10-14)17-16-12-6-8-13-7-4-5-11-15(13)16;/h1-10,12H;/q-2;+2. The van der Waals surface area contributed by atoms with E-state index in [1.54, 1.807) is 36.4 Å². The molecular formula is C16H11NO2SZn. The largest absolute Gasteiger partial charge is 2.00 e. The average Bonchev–Trinajstić information content (AvgIpc) is 2.48. The summed E-state index contributed by atoms with van der Waals surface area (Å²) in [5.74, 6) is 0. The molecule has 3 nitrogen and oxygen atoms in total. The average molecular weight is 347 g/mol. The minimum absolute atomic E-state index is 0. The first-order chi connectivity index (χ1) is 9.67. The van der Waals surface area contributed by atoms with Crippen LogP contribution in [0.25, 0.3) is 15.5 Å². The van der Waals surface area contributed by atoms with Gasteiger partial charge in [-0.05, 0) is 12.1 Å². The molecule has 0 atom stereocenters. The topological polar surface area (TPSA) is 48.2 Å². The van der Waals surface area contributed by atoms with Crippen molar-refractivity contribution in [2.24, 2.45) is 0 Å². The maximum Gasteiger partial charge on any atom is 2.00 e. The SMILES string of the molecule is O=S(=O)([N-]c1cccc2ccc[c-]c12)c1ccccc1.[Zn+2]. The van der Waals surface area contributed by atoms with Crippen LogP contribution in [0, 0.1) is 6.07 Å². The molecule has 3 aromatic carbocycles. The van der Waals surface area contributed by atoms with Crippen LogP contribution < -0.4 is 0 Å². The van der Waals surface area contributed by atoms with Crippen LogP contribution in [0.15, 0.2) is 71.6 Å². The third-order valence-electron chi connectivity index (χ3n) is 2.93. The molecule has 3 rings (SSSR count). The van der Waals surface area contributed by atoms with E-state index in [0.29, 0.717) is 11.1 Å². The Bertz CT molecular complexity index is 843. The van der Waals surface area contributed by atoms with Crippen molar-refractivity contribution in [1.29, 1.82) is 0 Å². The fourth-order valence-corrected chi connectivity index (χ4v) is 3.01. The summed E-state index contributed by atoms with van der Waals surface area (Å²) in [6.45, 7) is 0. The molecule has 0 amide bonds. The molecule has 0 saturated heterocycles. The van der Waals surface area contributed by atoms with E-state index in [1.165, 1.54) is 12.1 Å². The third kappa shape index (κ3) is 3.31. The molecule has 21 heavy (non-hydrogen) atoms. The van der Waals surface area contributed by atoms with Crippen LogP contribution in [0.5, 0.6) is 0 Å². The summed E-state index contributed by atoms with van der Waals surface area (Å²) in [6, 6.07) is 22.1. The van der Waals surface area contributed by atoms with E-state index >= 15 is 0 Å². The van der Waals surface area contributed by atoms with Gasteiger partial charge in [0, 0.05) is 0 Å². The second-order valence-corrected chi connectivity index (χ2v) is 5.90. The Hall–Kier alpha value is -1.71. The summed E-state index contributed by atoms with van der Waals surface area (Å²) in [5, 5.41) is 1.62. The Morgan fingerprint density at radius 2 is 1.57 bits per heavy atom. The van der Waals surface area contributed by atoms with Crippen molar-refractivity contribution in [3.8, 4) is 0 Å². The van der Waals surface area contributed by atoms with Crippen molar-refractivity contribution in [1.82, 2.24) is 0 Å². The number of nitrogens with zero attached hydrogens (tertiary/aromatic N) is 1. The Morgan fingerprint density at radius 1 is 0.857 bits per heavy atom. The zero-order valence-corrected chi connectivity index (χ0v) is 15.0. The molecule has 0 saturated carbocycles. The molecule has 0 heterocycles. The quantitative estimate of drug-likeness (QED) is 0.531. The van der Waals surface area contributed by atoms with Crippen LogP contribution >= 0.6 is 0 Å². The van der Waals surface area contributed by atoms with Gasteiger partial charge in [0.15, 0.2) is 0 Å². The Kier molecular flexibility index (Phi) is 4.76. The zero-order valence-electron chi connectivity index (χ0n) is 11.2. The van der Waals surface area contributed by atoms with Crippen molar-refractivity contribution in [2.75, 3.05) is 0 Å². The van der Waals surface area contributed by atoms with E-state index in [4.69, 9.17) is 0 Å². The number of benzene rings is 3. The fourth-order valence-electron chi connectivity index (χ4n) is 1.99. The van der Waals surface area contributed by atoms with Gasteiger partial charge in [-0.15, -0.1) is 35.7 Å². The Morgan fingerprint density at radius 3 is 2.33 bits per heavy atom. The predicted octanol–water partition coefficient (Wildman–Crippen LogP) is 4.03. The molecule has 0 aliphatic rings. The normalized spacial score (nSPS) is 10.9. The minimum atomic E-state index is -3.70.